The fourth-order valence-electron chi connectivity index (χ4n) is 4.59. The van der Waals surface area contributed by atoms with Crippen LogP contribution in [0, 0.1) is 5.92 Å². The maximum atomic E-state index is 13.0. The number of amides is 1. The van der Waals surface area contributed by atoms with Crippen LogP contribution in [0.3, 0.4) is 0 Å². The first-order valence-corrected chi connectivity index (χ1v) is 10.6. The van der Waals surface area contributed by atoms with E-state index < -0.39 is 6.10 Å². The van der Waals surface area contributed by atoms with Crippen molar-refractivity contribution >= 4 is 11.6 Å². The summed E-state index contributed by atoms with van der Waals surface area (Å²) in [5.41, 5.74) is 3.20. The first-order valence-electron chi connectivity index (χ1n) is 10.6. The zero-order valence-corrected chi connectivity index (χ0v) is 17.1. The van der Waals surface area contributed by atoms with E-state index in [1.807, 2.05) is 53.4 Å². The van der Waals surface area contributed by atoms with Crippen molar-refractivity contribution in [1.82, 2.24) is 4.90 Å². The molecule has 0 saturated carbocycles. The number of nitrogens with zero attached hydrogens (tertiary/aromatic N) is 2. The van der Waals surface area contributed by atoms with Gasteiger partial charge in [0.2, 0.25) is 5.91 Å². The van der Waals surface area contributed by atoms with Crippen LogP contribution in [0.1, 0.15) is 36.5 Å². The van der Waals surface area contributed by atoms with E-state index >= 15 is 0 Å². The van der Waals surface area contributed by atoms with Gasteiger partial charge < -0.3 is 14.7 Å². The fourth-order valence-corrected chi connectivity index (χ4v) is 4.59. The Balaban J connectivity index is 1.34. The van der Waals surface area contributed by atoms with Gasteiger partial charge in [0.05, 0.1) is 19.8 Å². The van der Waals surface area contributed by atoms with Crippen LogP contribution in [0.5, 0.6) is 5.75 Å². The second-order valence-corrected chi connectivity index (χ2v) is 8.11. The van der Waals surface area contributed by atoms with Gasteiger partial charge in [-0.1, -0.05) is 30.3 Å². The highest BCUT2D eigenvalue weighted by Gasteiger charge is 2.29. The molecule has 0 aliphatic carbocycles. The number of methoxy groups -OCH3 is 1. The Kier molecular flexibility index (Phi) is 6.16. The molecule has 5 nitrogen and oxygen atoms in total. The van der Waals surface area contributed by atoms with Crippen molar-refractivity contribution in [2.45, 2.75) is 31.8 Å². The summed E-state index contributed by atoms with van der Waals surface area (Å²) < 4.78 is 5.33. The predicted molar refractivity (Wildman–Crippen MR) is 114 cm³/mol. The molecular weight excluding hydrogens is 364 g/mol. The van der Waals surface area contributed by atoms with Crippen molar-refractivity contribution in [3.63, 3.8) is 0 Å². The van der Waals surface area contributed by atoms with Gasteiger partial charge in [0, 0.05) is 12.2 Å². The van der Waals surface area contributed by atoms with Gasteiger partial charge in [-0.3, -0.25) is 9.69 Å². The van der Waals surface area contributed by atoms with Crippen LogP contribution in [-0.2, 0) is 11.2 Å². The average molecular weight is 395 g/mol. The van der Waals surface area contributed by atoms with Crippen LogP contribution in [-0.4, -0.2) is 49.2 Å². The SMILES string of the molecule is COc1ccc2c(c1)CCCN2C(=O)CN1CCC(C(O)c2ccccc2)CC1. The van der Waals surface area contributed by atoms with Crippen molar-refractivity contribution in [3.05, 3.63) is 59.7 Å². The highest BCUT2D eigenvalue weighted by atomic mass is 16.5. The molecule has 29 heavy (non-hydrogen) atoms. The summed E-state index contributed by atoms with van der Waals surface area (Å²) in [5.74, 6) is 1.27. The normalized spacial score (nSPS) is 18.9. The first kappa shape index (κ1) is 19.9. The summed E-state index contributed by atoms with van der Waals surface area (Å²) in [6, 6.07) is 15.9. The summed E-state index contributed by atoms with van der Waals surface area (Å²) >= 11 is 0. The van der Waals surface area contributed by atoms with Crippen molar-refractivity contribution in [3.8, 4) is 5.75 Å². The molecule has 4 rings (SSSR count). The molecule has 2 aliphatic rings. The van der Waals surface area contributed by atoms with Gasteiger partial charge >= 0.3 is 0 Å². The number of fused-ring (bicyclic) bond motifs is 1. The van der Waals surface area contributed by atoms with Crippen molar-refractivity contribution in [2.24, 2.45) is 5.92 Å². The van der Waals surface area contributed by atoms with Crippen LogP contribution < -0.4 is 9.64 Å². The summed E-state index contributed by atoms with van der Waals surface area (Å²) in [7, 11) is 1.67. The molecule has 2 aliphatic heterocycles. The lowest BCUT2D eigenvalue weighted by Gasteiger charge is -2.36. The van der Waals surface area contributed by atoms with Crippen LogP contribution in [0.25, 0.3) is 0 Å². The zero-order valence-electron chi connectivity index (χ0n) is 17.1. The van der Waals surface area contributed by atoms with Crippen LogP contribution >= 0.6 is 0 Å². The molecule has 1 saturated heterocycles. The maximum Gasteiger partial charge on any atom is 0.241 e. The Morgan fingerprint density at radius 2 is 1.90 bits per heavy atom. The lowest BCUT2D eigenvalue weighted by Crippen LogP contribution is -2.45. The number of carbonyl (C=O) groups is 1. The van der Waals surface area contributed by atoms with Gasteiger partial charge in [-0.05, 0) is 74.0 Å². The molecule has 2 aromatic carbocycles. The van der Waals surface area contributed by atoms with Gasteiger partial charge in [0.25, 0.3) is 0 Å². The lowest BCUT2D eigenvalue weighted by molar-refractivity contribution is -0.120. The molecular formula is C24H30N2O3. The molecule has 154 valence electrons. The van der Waals surface area contributed by atoms with E-state index in [1.165, 1.54) is 5.56 Å². The number of aryl methyl sites for hydroxylation is 1. The molecule has 1 unspecified atom stereocenters. The van der Waals surface area contributed by atoms with Crippen molar-refractivity contribution in [2.75, 3.05) is 38.2 Å². The highest BCUT2D eigenvalue weighted by Crippen LogP contribution is 2.32. The number of hydrogen-bond acceptors (Lipinski definition) is 4. The molecule has 2 aromatic rings. The third kappa shape index (κ3) is 4.46. The fraction of sp³-hybridized carbons (Fsp3) is 0.458. The zero-order chi connectivity index (χ0) is 20.2. The first-order chi connectivity index (χ1) is 14.2. The number of rotatable bonds is 5. The number of aliphatic hydroxyl groups is 1. The minimum Gasteiger partial charge on any atom is -0.497 e. The quantitative estimate of drug-likeness (QED) is 0.844. The number of benzene rings is 2. The van der Waals surface area contributed by atoms with Crippen molar-refractivity contribution in [1.29, 1.82) is 0 Å². The monoisotopic (exact) mass is 394 g/mol. The number of ether oxygens (including phenoxy) is 1. The summed E-state index contributed by atoms with van der Waals surface area (Å²) in [6.45, 7) is 2.92. The smallest absolute Gasteiger partial charge is 0.241 e. The third-order valence-electron chi connectivity index (χ3n) is 6.29. The second kappa shape index (κ2) is 8.97. The van der Waals surface area contributed by atoms with E-state index in [0.29, 0.717) is 6.54 Å². The minimum atomic E-state index is -0.419. The summed E-state index contributed by atoms with van der Waals surface area (Å²) in [4.78, 5) is 17.2. The van der Waals surface area contributed by atoms with Gasteiger partial charge in [0.1, 0.15) is 5.75 Å². The van der Waals surface area contributed by atoms with E-state index in [2.05, 4.69) is 4.90 Å². The molecule has 1 atom stereocenters. The van der Waals surface area contributed by atoms with Crippen LogP contribution in [0.2, 0.25) is 0 Å². The average Bonchev–Trinajstić information content (AvgIpc) is 2.78. The second-order valence-electron chi connectivity index (χ2n) is 8.11. The Hall–Kier alpha value is -2.37. The molecule has 0 radical (unpaired) electrons. The Bertz CT molecular complexity index is 831. The number of carbonyl (C=O) groups excluding carboxylic acids is 1. The molecule has 0 aromatic heterocycles. The van der Waals surface area contributed by atoms with Crippen molar-refractivity contribution < 1.29 is 14.6 Å². The molecule has 5 heteroatoms. The molecule has 0 bridgehead atoms. The number of piperidine rings is 1. The lowest BCUT2D eigenvalue weighted by atomic mass is 9.87. The van der Waals surface area contributed by atoms with E-state index in [-0.39, 0.29) is 11.8 Å². The van der Waals surface area contributed by atoms with Crippen LogP contribution in [0.4, 0.5) is 5.69 Å². The molecule has 1 fully saturated rings. The largest absolute Gasteiger partial charge is 0.497 e. The Morgan fingerprint density at radius 1 is 1.14 bits per heavy atom. The molecule has 0 spiro atoms. The number of anilines is 1. The minimum absolute atomic E-state index is 0.165. The maximum absolute atomic E-state index is 13.0. The Labute approximate surface area is 172 Å². The van der Waals surface area contributed by atoms with Crippen LogP contribution in [0.15, 0.2) is 48.5 Å². The Morgan fingerprint density at radius 3 is 2.62 bits per heavy atom. The van der Waals surface area contributed by atoms with E-state index in [4.69, 9.17) is 4.74 Å². The summed E-state index contributed by atoms with van der Waals surface area (Å²) in [6.07, 6.45) is 3.38. The third-order valence-corrected chi connectivity index (χ3v) is 6.29. The predicted octanol–water partition coefficient (Wildman–Crippen LogP) is 3.42. The standard InChI is InChI=1S/C24H30N2O3/c1-29-21-9-10-22-20(16-21)8-5-13-26(22)23(27)17-25-14-11-19(12-15-25)24(28)18-6-3-2-4-7-18/h2-4,6-7,9-10,16,19,24,28H,5,8,11-15,17H2,1H3. The van der Waals surface area contributed by atoms with E-state index in [0.717, 1.165) is 62.3 Å². The highest BCUT2D eigenvalue weighted by molar-refractivity contribution is 5.96. The number of aliphatic hydroxyl groups excluding tert-OH is 1. The van der Waals surface area contributed by atoms with E-state index in [9.17, 15) is 9.90 Å². The van der Waals surface area contributed by atoms with Gasteiger partial charge in [0.15, 0.2) is 0 Å². The van der Waals surface area contributed by atoms with Gasteiger partial charge in [-0.25, -0.2) is 0 Å². The number of hydrogen-bond donors (Lipinski definition) is 1. The van der Waals surface area contributed by atoms with Gasteiger partial charge in [-0.2, -0.15) is 0 Å². The molecule has 2 heterocycles. The van der Waals surface area contributed by atoms with E-state index in [1.54, 1.807) is 7.11 Å². The number of likely N-dealkylation sites (tertiary alicyclic amines) is 1. The summed E-state index contributed by atoms with van der Waals surface area (Å²) in [5, 5.41) is 10.7. The molecule has 1 N–H and O–H groups in total. The topological polar surface area (TPSA) is 53.0 Å². The van der Waals surface area contributed by atoms with Gasteiger partial charge in [-0.15, -0.1) is 0 Å². The molecule has 1 amide bonds.